The van der Waals surface area contributed by atoms with E-state index in [-0.39, 0.29) is 18.4 Å². The van der Waals surface area contributed by atoms with Crippen LogP contribution in [-0.2, 0) is 9.59 Å². The van der Waals surface area contributed by atoms with Gasteiger partial charge in [-0.05, 0) is 61.7 Å². The van der Waals surface area contributed by atoms with Crippen LogP contribution < -0.4 is 14.4 Å². The van der Waals surface area contributed by atoms with Gasteiger partial charge >= 0.3 is 0 Å². The second-order valence-electron chi connectivity index (χ2n) is 7.51. The van der Waals surface area contributed by atoms with Crippen molar-refractivity contribution < 1.29 is 23.5 Å². The van der Waals surface area contributed by atoms with E-state index in [1.54, 1.807) is 35.2 Å². The molecule has 2 heterocycles. The second kappa shape index (κ2) is 10.4. The number of carbonyl (C=O) groups is 2. The normalized spacial score (nSPS) is 17.2. The first-order valence-electron chi connectivity index (χ1n) is 10.7. The molecule has 2 amide bonds. The zero-order chi connectivity index (χ0) is 23.4. The van der Waals surface area contributed by atoms with E-state index in [2.05, 4.69) is 0 Å². The van der Waals surface area contributed by atoms with Crippen LogP contribution >= 0.6 is 24.0 Å². The molecule has 0 radical (unpaired) electrons. The Bertz CT molecular complexity index is 1120. The molecule has 6 nitrogen and oxygen atoms in total. The Kier molecular flexibility index (Phi) is 7.29. The molecule has 0 N–H and O–H groups in total. The molecule has 2 fully saturated rings. The third kappa shape index (κ3) is 5.36. The lowest BCUT2D eigenvalue weighted by molar-refractivity contribution is -0.132. The van der Waals surface area contributed by atoms with Gasteiger partial charge in [-0.25, -0.2) is 4.39 Å². The summed E-state index contributed by atoms with van der Waals surface area (Å²) in [6.07, 6.45) is 3.76. The summed E-state index contributed by atoms with van der Waals surface area (Å²) < 4.78 is 25.4. The van der Waals surface area contributed by atoms with Gasteiger partial charge in [0.1, 0.15) is 5.82 Å². The van der Waals surface area contributed by atoms with Crippen LogP contribution in [0.25, 0.3) is 6.08 Å². The van der Waals surface area contributed by atoms with Gasteiger partial charge in [-0.3, -0.25) is 14.5 Å². The van der Waals surface area contributed by atoms with E-state index < -0.39 is 5.82 Å². The molecule has 2 aromatic rings. The van der Waals surface area contributed by atoms with Crippen molar-refractivity contribution >= 4 is 51.9 Å². The standard InChI is InChI=1S/C24H23FN2O4S2/c1-2-30-20-12-16(8-9-19(20)31-15-22(28)26-10-3-4-11-26)13-21-23(29)27(24(32)33-21)18-7-5-6-17(25)14-18/h5-9,12-14H,2-4,10-11,15H2,1H3/b21-13+. The maximum absolute atomic E-state index is 13.6. The molecule has 2 aliphatic rings. The molecule has 0 atom stereocenters. The van der Waals surface area contributed by atoms with E-state index in [1.165, 1.54) is 23.1 Å². The molecular formula is C24H23FN2O4S2. The van der Waals surface area contributed by atoms with E-state index in [1.807, 2.05) is 6.92 Å². The fourth-order valence-corrected chi connectivity index (χ4v) is 4.96. The molecule has 0 unspecified atom stereocenters. The largest absolute Gasteiger partial charge is 0.490 e. The monoisotopic (exact) mass is 486 g/mol. The minimum Gasteiger partial charge on any atom is -0.490 e. The Morgan fingerprint density at radius 3 is 2.67 bits per heavy atom. The van der Waals surface area contributed by atoms with E-state index in [9.17, 15) is 14.0 Å². The quantitative estimate of drug-likeness (QED) is 0.420. The molecule has 0 aromatic heterocycles. The smallest absolute Gasteiger partial charge is 0.270 e. The van der Waals surface area contributed by atoms with Gasteiger partial charge in [-0.2, -0.15) is 0 Å². The van der Waals surface area contributed by atoms with Crippen LogP contribution in [0, 0.1) is 5.82 Å². The predicted octanol–water partition coefficient (Wildman–Crippen LogP) is 4.63. The van der Waals surface area contributed by atoms with Crippen LogP contribution in [0.5, 0.6) is 11.5 Å². The van der Waals surface area contributed by atoms with Crippen molar-refractivity contribution in [2.24, 2.45) is 0 Å². The molecule has 4 rings (SSSR count). The van der Waals surface area contributed by atoms with E-state index in [0.717, 1.165) is 43.3 Å². The minimum atomic E-state index is -0.439. The molecule has 33 heavy (non-hydrogen) atoms. The molecule has 0 spiro atoms. The number of benzene rings is 2. The average Bonchev–Trinajstić information content (AvgIpc) is 3.42. The molecule has 2 aliphatic heterocycles. The summed E-state index contributed by atoms with van der Waals surface area (Å²) in [5, 5.41) is 0. The lowest BCUT2D eigenvalue weighted by atomic mass is 10.1. The van der Waals surface area contributed by atoms with E-state index in [0.29, 0.717) is 33.0 Å². The fourth-order valence-electron chi connectivity index (χ4n) is 3.66. The number of halogens is 1. The lowest BCUT2D eigenvalue weighted by Gasteiger charge is -2.17. The number of anilines is 1. The number of ether oxygens (including phenoxy) is 2. The molecule has 9 heteroatoms. The third-order valence-corrected chi connectivity index (χ3v) is 6.54. The number of thiocarbonyl (C=S) groups is 1. The van der Waals surface area contributed by atoms with Gasteiger partial charge in [0.05, 0.1) is 17.2 Å². The van der Waals surface area contributed by atoms with Crippen LogP contribution in [0.3, 0.4) is 0 Å². The van der Waals surface area contributed by atoms with E-state index >= 15 is 0 Å². The number of rotatable bonds is 7. The van der Waals surface area contributed by atoms with Crippen LogP contribution in [-0.4, -0.2) is 47.3 Å². The zero-order valence-electron chi connectivity index (χ0n) is 18.1. The highest BCUT2D eigenvalue weighted by atomic mass is 32.2. The average molecular weight is 487 g/mol. The molecule has 172 valence electrons. The number of hydrogen-bond donors (Lipinski definition) is 0. The van der Waals surface area contributed by atoms with Gasteiger partial charge in [0, 0.05) is 13.1 Å². The summed E-state index contributed by atoms with van der Waals surface area (Å²) in [6, 6.07) is 11.0. The number of likely N-dealkylation sites (tertiary alicyclic amines) is 1. The summed E-state index contributed by atoms with van der Waals surface area (Å²) in [7, 11) is 0. The van der Waals surface area contributed by atoms with Crippen LogP contribution in [0.1, 0.15) is 25.3 Å². The van der Waals surface area contributed by atoms with Crippen molar-refractivity contribution in [2.75, 3.05) is 31.2 Å². The van der Waals surface area contributed by atoms with Crippen molar-refractivity contribution in [2.45, 2.75) is 19.8 Å². The molecule has 2 saturated heterocycles. The Morgan fingerprint density at radius 1 is 1.15 bits per heavy atom. The summed E-state index contributed by atoms with van der Waals surface area (Å²) in [5.41, 5.74) is 1.11. The zero-order valence-corrected chi connectivity index (χ0v) is 19.7. The highest BCUT2D eigenvalue weighted by Gasteiger charge is 2.33. The van der Waals surface area contributed by atoms with Gasteiger partial charge in [0.2, 0.25) is 0 Å². The SMILES string of the molecule is CCOc1cc(/C=C2/SC(=S)N(c3cccc(F)c3)C2=O)ccc1OCC(=O)N1CCCC1. The van der Waals surface area contributed by atoms with Gasteiger partial charge in [-0.15, -0.1) is 0 Å². The van der Waals surface area contributed by atoms with Crippen molar-refractivity contribution in [3.63, 3.8) is 0 Å². The van der Waals surface area contributed by atoms with E-state index in [4.69, 9.17) is 21.7 Å². The summed E-state index contributed by atoms with van der Waals surface area (Å²) in [5.74, 6) is 0.158. The Hall–Kier alpha value is -2.91. The number of nitrogens with zero attached hydrogens (tertiary/aromatic N) is 2. The first kappa shape index (κ1) is 23.3. The second-order valence-corrected chi connectivity index (χ2v) is 9.19. The Labute approximate surface area is 201 Å². The van der Waals surface area contributed by atoms with Gasteiger partial charge in [-0.1, -0.05) is 36.1 Å². The van der Waals surface area contributed by atoms with Crippen LogP contribution in [0.2, 0.25) is 0 Å². The molecule has 0 saturated carbocycles. The summed E-state index contributed by atoms with van der Waals surface area (Å²) >= 11 is 6.51. The Balaban J connectivity index is 1.51. The third-order valence-electron chi connectivity index (χ3n) is 5.24. The van der Waals surface area contributed by atoms with Crippen molar-refractivity contribution in [3.8, 4) is 11.5 Å². The highest BCUT2D eigenvalue weighted by Crippen LogP contribution is 2.37. The number of amides is 2. The Morgan fingerprint density at radius 2 is 1.94 bits per heavy atom. The van der Waals surface area contributed by atoms with Crippen LogP contribution in [0.4, 0.5) is 10.1 Å². The highest BCUT2D eigenvalue weighted by molar-refractivity contribution is 8.27. The number of hydrogen-bond acceptors (Lipinski definition) is 6. The van der Waals surface area contributed by atoms with Crippen molar-refractivity contribution in [1.29, 1.82) is 0 Å². The van der Waals surface area contributed by atoms with Crippen molar-refractivity contribution in [3.05, 3.63) is 58.8 Å². The molecule has 0 bridgehead atoms. The predicted molar refractivity (Wildman–Crippen MR) is 131 cm³/mol. The van der Waals surface area contributed by atoms with Gasteiger partial charge in [0.15, 0.2) is 22.4 Å². The van der Waals surface area contributed by atoms with Crippen LogP contribution in [0.15, 0.2) is 47.4 Å². The molecule has 0 aliphatic carbocycles. The minimum absolute atomic E-state index is 0.0416. The van der Waals surface area contributed by atoms with Gasteiger partial charge < -0.3 is 14.4 Å². The topological polar surface area (TPSA) is 59.1 Å². The maximum atomic E-state index is 13.6. The first-order valence-corrected chi connectivity index (χ1v) is 11.9. The maximum Gasteiger partial charge on any atom is 0.270 e. The van der Waals surface area contributed by atoms with Gasteiger partial charge in [0.25, 0.3) is 11.8 Å². The molecular weight excluding hydrogens is 463 g/mol. The molecule has 2 aromatic carbocycles. The fraction of sp³-hybridized carbons (Fsp3) is 0.292. The number of carbonyl (C=O) groups excluding carboxylic acids is 2. The summed E-state index contributed by atoms with van der Waals surface area (Å²) in [4.78, 5) is 28.8. The first-order chi connectivity index (χ1) is 16.0. The van der Waals surface area contributed by atoms with Crippen molar-refractivity contribution in [1.82, 2.24) is 4.90 Å². The lowest BCUT2D eigenvalue weighted by Crippen LogP contribution is -2.32. The summed E-state index contributed by atoms with van der Waals surface area (Å²) in [6.45, 7) is 3.77. The number of thioether (sulfide) groups is 1.